The van der Waals surface area contributed by atoms with Crippen molar-refractivity contribution in [3.8, 4) is 0 Å². The fourth-order valence-corrected chi connectivity index (χ4v) is 7.37. The van der Waals surface area contributed by atoms with E-state index in [0.717, 1.165) is 5.19 Å². The second-order valence-corrected chi connectivity index (χ2v) is 16.3. The van der Waals surface area contributed by atoms with E-state index in [9.17, 15) is 9.28 Å². The van der Waals surface area contributed by atoms with Gasteiger partial charge < -0.3 is 5.73 Å². The van der Waals surface area contributed by atoms with Crippen LogP contribution in [0.4, 0.5) is 10.3 Å². The predicted molar refractivity (Wildman–Crippen MR) is 75.4 cm³/mol. The summed E-state index contributed by atoms with van der Waals surface area (Å²) in [6.07, 6.45) is 0. The summed E-state index contributed by atoms with van der Waals surface area (Å²) in [5.74, 6) is 0.209. The monoisotopic (exact) mass is 273 g/mol. The maximum Gasteiger partial charge on any atom is 0.377 e. The number of hydrogen-bond donors (Lipinski definition) is 1. The van der Waals surface area contributed by atoms with E-state index in [0.29, 0.717) is 5.32 Å². The van der Waals surface area contributed by atoms with E-state index in [4.69, 9.17) is 5.73 Å². The second kappa shape index (κ2) is 4.06. The highest BCUT2D eigenvalue weighted by Crippen LogP contribution is 2.09. The standard InChI is InChI=1S/C10H20FN3OSi2/c1-16(2,3)7-8(12)13-10(15)14(11)9(7)17(4,5)6/h1-6H3,(H2,12,13,15). The van der Waals surface area contributed by atoms with Crippen LogP contribution in [0.1, 0.15) is 0 Å². The first kappa shape index (κ1) is 14.1. The molecule has 0 unspecified atom stereocenters. The molecule has 4 nitrogen and oxygen atoms in total. The van der Waals surface area contributed by atoms with Gasteiger partial charge >= 0.3 is 5.69 Å². The Labute approximate surface area is 103 Å². The summed E-state index contributed by atoms with van der Waals surface area (Å²) >= 11 is 0. The molecule has 0 bridgehead atoms. The van der Waals surface area contributed by atoms with Gasteiger partial charge in [0.25, 0.3) is 0 Å². The SMILES string of the molecule is C[Si](C)(C)c1c(N)nc(=O)n(F)c1[Si](C)(C)C. The molecule has 96 valence electrons. The maximum atomic E-state index is 14.0. The molecule has 1 heterocycles. The summed E-state index contributed by atoms with van der Waals surface area (Å²) in [5, 5.41) is 1.29. The quantitative estimate of drug-likeness (QED) is 0.805. The van der Waals surface area contributed by atoms with E-state index < -0.39 is 21.8 Å². The first-order valence-electron chi connectivity index (χ1n) is 5.56. The topological polar surface area (TPSA) is 60.9 Å². The molecule has 0 aliphatic heterocycles. The zero-order chi connectivity index (χ0) is 13.6. The fraction of sp³-hybridized carbons (Fsp3) is 0.600. The van der Waals surface area contributed by atoms with E-state index >= 15 is 0 Å². The van der Waals surface area contributed by atoms with Gasteiger partial charge in [0.2, 0.25) is 0 Å². The van der Waals surface area contributed by atoms with Crippen molar-refractivity contribution in [1.29, 1.82) is 0 Å². The molecule has 1 rings (SSSR count). The zero-order valence-electron chi connectivity index (χ0n) is 11.3. The lowest BCUT2D eigenvalue weighted by Crippen LogP contribution is -2.63. The molecule has 0 saturated carbocycles. The highest BCUT2D eigenvalue weighted by atomic mass is 28.3. The Kier molecular flexibility index (Phi) is 3.37. The summed E-state index contributed by atoms with van der Waals surface area (Å²) in [5.41, 5.74) is 4.94. The van der Waals surface area contributed by atoms with Crippen molar-refractivity contribution < 1.29 is 4.48 Å². The first-order chi connectivity index (χ1) is 7.46. The van der Waals surface area contributed by atoms with Gasteiger partial charge in [0.05, 0.1) is 8.07 Å². The van der Waals surface area contributed by atoms with Crippen molar-refractivity contribution in [2.24, 2.45) is 0 Å². The number of nitrogen functional groups attached to an aromatic ring is 1. The van der Waals surface area contributed by atoms with Crippen LogP contribution in [-0.4, -0.2) is 25.9 Å². The Bertz CT molecular complexity index is 500. The largest absolute Gasteiger partial charge is 0.384 e. The summed E-state index contributed by atoms with van der Waals surface area (Å²) in [6, 6.07) is 0. The molecule has 0 saturated heterocycles. The molecular formula is C10H20FN3OSi2. The molecule has 0 radical (unpaired) electrons. The summed E-state index contributed by atoms with van der Waals surface area (Å²) in [4.78, 5) is 15.2. The Morgan fingerprint density at radius 3 is 1.94 bits per heavy atom. The summed E-state index contributed by atoms with van der Waals surface area (Å²) < 4.78 is 14.0. The van der Waals surface area contributed by atoms with Gasteiger partial charge in [0, 0.05) is 5.32 Å². The molecule has 17 heavy (non-hydrogen) atoms. The van der Waals surface area contributed by atoms with Gasteiger partial charge in [-0.05, 0) is 5.19 Å². The van der Waals surface area contributed by atoms with Crippen LogP contribution in [0.5, 0.6) is 0 Å². The molecule has 0 fully saturated rings. The first-order valence-corrected chi connectivity index (χ1v) is 12.6. The van der Waals surface area contributed by atoms with Crippen LogP contribution in [0.25, 0.3) is 0 Å². The van der Waals surface area contributed by atoms with Crippen molar-refractivity contribution in [2.75, 3.05) is 5.73 Å². The molecule has 0 atom stereocenters. The van der Waals surface area contributed by atoms with Crippen LogP contribution in [0.2, 0.25) is 39.3 Å². The van der Waals surface area contributed by atoms with Crippen molar-refractivity contribution in [1.82, 2.24) is 9.77 Å². The molecule has 0 aliphatic carbocycles. The van der Waals surface area contributed by atoms with Crippen molar-refractivity contribution in [3.05, 3.63) is 10.5 Å². The predicted octanol–water partition coefficient (Wildman–Crippen LogP) is 0.648. The molecule has 2 N–H and O–H groups in total. The molecule has 0 aliphatic rings. The number of nitrogens with zero attached hydrogens (tertiary/aromatic N) is 2. The van der Waals surface area contributed by atoms with E-state index in [1.165, 1.54) is 0 Å². The number of rotatable bonds is 2. The van der Waals surface area contributed by atoms with Gasteiger partial charge in [-0.3, -0.25) is 0 Å². The van der Waals surface area contributed by atoms with E-state index in [-0.39, 0.29) is 10.6 Å². The van der Waals surface area contributed by atoms with Crippen LogP contribution in [0.3, 0.4) is 0 Å². The third-order valence-electron chi connectivity index (χ3n) is 2.53. The van der Waals surface area contributed by atoms with Crippen LogP contribution < -0.4 is 21.9 Å². The summed E-state index contributed by atoms with van der Waals surface area (Å²) in [7, 11) is -3.83. The molecule has 0 spiro atoms. The normalized spacial score (nSPS) is 12.9. The number of nitrogens with two attached hydrogens (primary N) is 1. The van der Waals surface area contributed by atoms with Gasteiger partial charge in [0.1, 0.15) is 13.9 Å². The maximum absolute atomic E-state index is 14.0. The molecular weight excluding hydrogens is 253 g/mol. The number of halogens is 1. The van der Waals surface area contributed by atoms with Crippen molar-refractivity contribution in [2.45, 2.75) is 39.3 Å². The lowest BCUT2D eigenvalue weighted by molar-refractivity contribution is 0.357. The fourth-order valence-electron chi connectivity index (χ4n) is 1.93. The third-order valence-corrected chi connectivity index (χ3v) is 6.64. The Morgan fingerprint density at radius 1 is 1.12 bits per heavy atom. The Morgan fingerprint density at radius 2 is 1.59 bits per heavy atom. The Hall–Kier alpha value is -0.956. The highest BCUT2D eigenvalue weighted by molar-refractivity contribution is 6.98. The van der Waals surface area contributed by atoms with Gasteiger partial charge in [-0.2, -0.15) is 4.98 Å². The third kappa shape index (κ3) is 2.66. The van der Waals surface area contributed by atoms with E-state index in [1.807, 2.05) is 19.6 Å². The zero-order valence-corrected chi connectivity index (χ0v) is 13.3. The lowest BCUT2D eigenvalue weighted by Gasteiger charge is -2.28. The van der Waals surface area contributed by atoms with E-state index in [2.05, 4.69) is 24.6 Å². The van der Waals surface area contributed by atoms with Crippen LogP contribution in [-0.2, 0) is 0 Å². The van der Waals surface area contributed by atoms with Crippen LogP contribution >= 0.6 is 0 Å². The van der Waals surface area contributed by atoms with Gasteiger partial charge in [-0.1, -0.05) is 43.8 Å². The minimum atomic E-state index is -1.99. The highest BCUT2D eigenvalue weighted by Gasteiger charge is 2.34. The molecule has 0 aromatic carbocycles. The minimum absolute atomic E-state index is 0.205. The number of aromatic nitrogens is 2. The Balaban J connectivity index is 3.82. The van der Waals surface area contributed by atoms with E-state index in [1.54, 1.807) is 0 Å². The van der Waals surface area contributed by atoms with Gasteiger partial charge in [-0.25, -0.2) is 4.79 Å². The second-order valence-electron chi connectivity index (χ2n) is 6.28. The average Bonchev–Trinajstić information content (AvgIpc) is 2.06. The molecule has 0 amide bonds. The number of anilines is 1. The molecule has 1 aromatic rings. The van der Waals surface area contributed by atoms with Crippen molar-refractivity contribution in [3.63, 3.8) is 0 Å². The minimum Gasteiger partial charge on any atom is -0.384 e. The molecule has 7 heteroatoms. The van der Waals surface area contributed by atoms with Gasteiger partial charge in [-0.15, -0.1) is 4.79 Å². The molecule has 1 aromatic heterocycles. The lowest BCUT2D eigenvalue weighted by atomic mass is 10.6. The van der Waals surface area contributed by atoms with Crippen molar-refractivity contribution >= 4 is 32.5 Å². The van der Waals surface area contributed by atoms with Crippen LogP contribution in [0.15, 0.2) is 4.79 Å². The smallest absolute Gasteiger partial charge is 0.377 e. The van der Waals surface area contributed by atoms with Crippen LogP contribution in [0, 0.1) is 0 Å². The average molecular weight is 273 g/mol. The van der Waals surface area contributed by atoms with Gasteiger partial charge in [0.15, 0.2) is 0 Å². The summed E-state index contributed by atoms with van der Waals surface area (Å²) in [6.45, 7) is 12.2. The number of hydrogen-bond acceptors (Lipinski definition) is 3.